The number of carboxylic acid groups (broad SMARTS) is 1. The van der Waals surface area contributed by atoms with Gasteiger partial charge in [-0.3, -0.25) is 9.59 Å². The smallest absolute Gasteiger partial charge is 0.310 e. The summed E-state index contributed by atoms with van der Waals surface area (Å²) in [5.74, 6) is -1.88. The standard InChI is InChI=1S/C23H25N3O4/c1-14-4-6-15(7-5-14)11-24-17-8-9-18-16(10-17)12-25-19(20(18)27)21(28)26-13-23(2,3)22(29)30/h4-10,12,24,27H,11,13H2,1-3H3,(H,26,28)(H,29,30). The summed E-state index contributed by atoms with van der Waals surface area (Å²) >= 11 is 0. The molecule has 0 fully saturated rings. The van der Waals surface area contributed by atoms with E-state index in [1.807, 2.05) is 19.1 Å². The summed E-state index contributed by atoms with van der Waals surface area (Å²) in [6.07, 6.45) is 1.52. The predicted molar refractivity (Wildman–Crippen MR) is 116 cm³/mol. The zero-order chi connectivity index (χ0) is 21.9. The van der Waals surface area contributed by atoms with Crippen LogP contribution in [0, 0.1) is 12.3 Å². The Bertz CT molecular complexity index is 1090. The van der Waals surface area contributed by atoms with Gasteiger partial charge in [-0.1, -0.05) is 29.8 Å². The molecule has 0 aliphatic heterocycles. The summed E-state index contributed by atoms with van der Waals surface area (Å²) in [6.45, 7) is 5.64. The number of amides is 1. The minimum Gasteiger partial charge on any atom is -0.505 e. The highest BCUT2D eigenvalue weighted by Crippen LogP contribution is 2.29. The number of aliphatic carboxylic acids is 1. The van der Waals surface area contributed by atoms with Gasteiger partial charge in [-0.2, -0.15) is 0 Å². The van der Waals surface area contributed by atoms with Crippen molar-refractivity contribution in [3.63, 3.8) is 0 Å². The third-order valence-electron chi connectivity index (χ3n) is 4.97. The summed E-state index contributed by atoms with van der Waals surface area (Å²) in [4.78, 5) is 27.7. The number of aromatic nitrogens is 1. The molecule has 0 atom stereocenters. The van der Waals surface area contributed by atoms with Crippen LogP contribution in [0.25, 0.3) is 10.8 Å². The maximum Gasteiger partial charge on any atom is 0.310 e. The number of pyridine rings is 1. The molecule has 3 aromatic rings. The molecule has 0 aliphatic carbocycles. The zero-order valence-electron chi connectivity index (χ0n) is 17.2. The van der Waals surface area contributed by atoms with Crippen LogP contribution in [-0.2, 0) is 11.3 Å². The number of carboxylic acids is 1. The molecule has 0 saturated heterocycles. The van der Waals surface area contributed by atoms with Crippen LogP contribution < -0.4 is 10.6 Å². The molecule has 0 unspecified atom stereocenters. The Labute approximate surface area is 174 Å². The van der Waals surface area contributed by atoms with Crippen LogP contribution in [0.15, 0.2) is 48.7 Å². The van der Waals surface area contributed by atoms with E-state index < -0.39 is 17.3 Å². The number of nitrogens with one attached hydrogen (secondary N) is 2. The maximum atomic E-state index is 12.4. The van der Waals surface area contributed by atoms with Gasteiger partial charge in [0, 0.05) is 35.7 Å². The first-order valence-corrected chi connectivity index (χ1v) is 9.60. The number of hydrogen-bond acceptors (Lipinski definition) is 5. The second kappa shape index (κ2) is 8.41. The molecule has 156 valence electrons. The van der Waals surface area contributed by atoms with E-state index in [1.165, 1.54) is 25.6 Å². The Balaban J connectivity index is 1.74. The highest BCUT2D eigenvalue weighted by Gasteiger charge is 2.28. The number of aromatic hydroxyl groups is 1. The van der Waals surface area contributed by atoms with Gasteiger partial charge < -0.3 is 20.8 Å². The van der Waals surface area contributed by atoms with E-state index >= 15 is 0 Å². The summed E-state index contributed by atoms with van der Waals surface area (Å²) in [5, 5.41) is 26.7. The van der Waals surface area contributed by atoms with Crippen molar-refractivity contribution < 1.29 is 19.8 Å². The first-order chi connectivity index (χ1) is 14.2. The highest BCUT2D eigenvalue weighted by molar-refractivity contribution is 6.02. The van der Waals surface area contributed by atoms with E-state index in [4.69, 9.17) is 5.11 Å². The van der Waals surface area contributed by atoms with Crippen LogP contribution >= 0.6 is 0 Å². The molecular formula is C23H25N3O4. The number of hydrogen-bond donors (Lipinski definition) is 4. The van der Waals surface area contributed by atoms with Crippen molar-refractivity contribution in [1.29, 1.82) is 0 Å². The predicted octanol–water partition coefficient (Wildman–Crippen LogP) is 3.70. The fourth-order valence-electron chi connectivity index (χ4n) is 2.85. The van der Waals surface area contributed by atoms with Crippen molar-refractivity contribution in [2.75, 3.05) is 11.9 Å². The van der Waals surface area contributed by atoms with Gasteiger partial charge in [-0.15, -0.1) is 0 Å². The van der Waals surface area contributed by atoms with Crippen molar-refractivity contribution >= 4 is 28.3 Å². The van der Waals surface area contributed by atoms with Gasteiger partial charge in [0.05, 0.1) is 5.41 Å². The molecule has 1 amide bonds. The number of rotatable bonds is 7. The van der Waals surface area contributed by atoms with Crippen LogP contribution in [0.2, 0.25) is 0 Å². The Morgan fingerprint density at radius 1 is 1.10 bits per heavy atom. The van der Waals surface area contributed by atoms with E-state index in [1.54, 1.807) is 6.07 Å². The van der Waals surface area contributed by atoms with E-state index in [0.29, 0.717) is 17.3 Å². The molecule has 1 aromatic heterocycles. The van der Waals surface area contributed by atoms with Crippen molar-refractivity contribution in [3.8, 4) is 5.75 Å². The van der Waals surface area contributed by atoms with Gasteiger partial charge in [-0.25, -0.2) is 4.98 Å². The average molecular weight is 407 g/mol. The lowest BCUT2D eigenvalue weighted by Crippen LogP contribution is -2.39. The van der Waals surface area contributed by atoms with Crippen molar-refractivity contribution in [3.05, 3.63) is 65.5 Å². The van der Waals surface area contributed by atoms with Gasteiger partial charge in [0.2, 0.25) is 0 Å². The molecule has 7 nitrogen and oxygen atoms in total. The minimum atomic E-state index is -1.12. The minimum absolute atomic E-state index is 0.0812. The number of fused-ring (bicyclic) bond motifs is 1. The van der Waals surface area contributed by atoms with Gasteiger partial charge in [0.15, 0.2) is 11.4 Å². The molecule has 1 heterocycles. The lowest BCUT2D eigenvalue weighted by atomic mass is 9.94. The SMILES string of the molecule is Cc1ccc(CNc2ccc3c(O)c(C(=O)NCC(C)(C)C(=O)O)ncc3c2)cc1. The largest absolute Gasteiger partial charge is 0.505 e. The van der Waals surface area contributed by atoms with Crippen LogP contribution in [0.1, 0.15) is 35.5 Å². The molecule has 0 radical (unpaired) electrons. The van der Waals surface area contributed by atoms with Crippen LogP contribution in [0.4, 0.5) is 5.69 Å². The van der Waals surface area contributed by atoms with E-state index in [0.717, 1.165) is 11.3 Å². The quantitative estimate of drug-likeness (QED) is 0.475. The second-order valence-electron chi connectivity index (χ2n) is 7.97. The zero-order valence-corrected chi connectivity index (χ0v) is 17.2. The monoisotopic (exact) mass is 407 g/mol. The molecule has 0 bridgehead atoms. The van der Waals surface area contributed by atoms with Crippen LogP contribution in [0.5, 0.6) is 5.75 Å². The lowest BCUT2D eigenvalue weighted by Gasteiger charge is -2.19. The van der Waals surface area contributed by atoms with Crippen LogP contribution in [0.3, 0.4) is 0 Å². The number of carbonyl (C=O) groups excluding carboxylic acids is 1. The Hall–Kier alpha value is -3.61. The fraction of sp³-hybridized carbons (Fsp3) is 0.261. The molecule has 7 heteroatoms. The Kier molecular flexibility index (Phi) is 5.91. The van der Waals surface area contributed by atoms with Crippen molar-refractivity contribution in [1.82, 2.24) is 10.3 Å². The Morgan fingerprint density at radius 2 is 1.80 bits per heavy atom. The molecule has 2 aromatic carbocycles. The average Bonchev–Trinajstić information content (AvgIpc) is 2.72. The highest BCUT2D eigenvalue weighted by atomic mass is 16.4. The van der Waals surface area contributed by atoms with E-state index in [2.05, 4.69) is 39.9 Å². The number of nitrogens with zero attached hydrogens (tertiary/aromatic N) is 1. The molecule has 3 rings (SSSR count). The molecule has 4 N–H and O–H groups in total. The number of carbonyl (C=O) groups is 2. The Morgan fingerprint density at radius 3 is 2.47 bits per heavy atom. The molecule has 0 spiro atoms. The molecule has 0 saturated carbocycles. The van der Waals surface area contributed by atoms with Gasteiger partial charge in [0.1, 0.15) is 0 Å². The van der Waals surface area contributed by atoms with E-state index in [-0.39, 0.29) is 18.0 Å². The number of aryl methyl sites for hydroxylation is 1. The van der Waals surface area contributed by atoms with Gasteiger partial charge >= 0.3 is 5.97 Å². The summed E-state index contributed by atoms with van der Waals surface area (Å²) in [5.41, 5.74) is 1.96. The van der Waals surface area contributed by atoms with Crippen molar-refractivity contribution in [2.45, 2.75) is 27.3 Å². The van der Waals surface area contributed by atoms with E-state index in [9.17, 15) is 14.7 Å². The van der Waals surface area contributed by atoms with Gasteiger partial charge in [-0.05, 0) is 44.5 Å². The normalized spacial score (nSPS) is 11.3. The van der Waals surface area contributed by atoms with Crippen LogP contribution in [-0.4, -0.2) is 33.6 Å². The van der Waals surface area contributed by atoms with Crippen molar-refractivity contribution in [2.24, 2.45) is 5.41 Å². The first-order valence-electron chi connectivity index (χ1n) is 9.60. The number of anilines is 1. The first kappa shape index (κ1) is 21.1. The molecule has 0 aliphatic rings. The summed E-state index contributed by atoms with van der Waals surface area (Å²) in [6, 6.07) is 13.6. The maximum absolute atomic E-state index is 12.4. The number of benzene rings is 2. The summed E-state index contributed by atoms with van der Waals surface area (Å²) in [7, 11) is 0. The topological polar surface area (TPSA) is 112 Å². The molecular weight excluding hydrogens is 382 g/mol. The fourth-order valence-corrected chi connectivity index (χ4v) is 2.85. The summed E-state index contributed by atoms with van der Waals surface area (Å²) < 4.78 is 0. The lowest BCUT2D eigenvalue weighted by molar-refractivity contribution is -0.146. The third kappa shape index (κ3) is 4.68. The third-order valence-corrected chi connectivity index (χ3v) is 4.97. The second-order valence-corrected chi connectivity index (χ2v) is 7.97. The molecule has 30 heavy (non-hydrogen) atoms. The van der Waals surface area contributed by atoms with Gasteiger partial charge in [0.25, 0.3) is 5.91 Å².